The first-order valence-corrected chi connectivity index (χ1v) is 8.09. The van der Waals surface area contributed by atoms with E-state index < -0.39 is 0 Å². The SMILES string of the molecule is CCCOC1C(Br)CC1Oc1ncn(-c2ccccc2)n1. The van der Waals surface area contributed by atoms with Crippen molar-refractivity contribution in [1.82, 2.24) is 14.8 Å². The number of aromatic nitrogens is 3. The molecule has 2 aromatic rings. The van der Waals surface area contributed by atoms with E-state index in [1.54, 1.807) is 11.0 Å². The largest absolute Gasteiger partial charge is 0.456 e. The standard InChI is InChI=1S/C15H18BrN3O2/c1-2-8-20-14-12(16)9-13(14)21-15-17-10-19(18-15)11-6-4-3-5-7-11/h3-7,10,12-14H,2,8-9H2,1H3. The van der Waals surface area contributed by atoms with Crippen LogP contribution in [-0.2, 0) is 4.74 Å². The van der Waals surface area contributed by atoms with Crippen molar-refractivity contribution in [3.05, 3.63) is 36.7 Å². The van der Waals surface area contributed by atoms with Gasteiger partial charge < -0.3 is 9.47 Å². The predicted octanol–water partition coefficient (Wildman–Crippen LogP) is 2.98. The van der Waals surface area contributed by atoms with Crippen molar-refractivity contribution in [3.8, 4) is 11.7 Å². The number of hydrogen-bond donors (Lipinski definition) is 0. The summed E-state index contributed by atoms with van der Waals surface area (Å²) in [7, 11) is 0. The van der Waals surface area contributed by atoms with Crippen molar-refractivity contribution in [2.75, 3.05) is 6.61 Å². The van der Waals surface area contributed by atoms with Crippen LogP contribution >= 0.6 is 15.9 Å². The van der Waals surface area contributed by atoms with Crippen molar-refractivity contribution in [1.29, 1.82) is 0 Å². The minimum Gasteiger partial charge on any atom is -0.456 e. The quantitative estimate of drug-likeness (QED) is 0.750. The molecule has 1 saturated carbocycles. The van der Waals surface area contributed by atoms with Crippen molar-refractivity contribution < 1.29 is 9.47 Å². The van der Waals surface area contributed by atoms with Gasteiger partial charge in [-0.05, 0) is 18.6 Å². The Balaban J connectivity index is 1.62. The zero-order valence-corrected chi connectivity index (χ0v) is 13.4. The molecule has 0 amide bonds. The first-order valence-electron chi connectivity index (χ1n) is 7.17. The first-order chi connectivity index (χ1) is 10.3. The van der Waals surface area contributed by atoms with Gasteiger partial charge >= 0.3 is 6.01 Å². The smallest absolute Gasteiger partial charge is 0.336 e. The summed E-state index contributed by atoms with van der Waals surface area (Å²) in [6, 6.07) is 10.2. The molecule has 1 heterocycles. The summed E-state index contributed by atoms with van der Waals surface area (Å²) >= 11 is 3.60. The number of hydrogen-bond acceptors (Lipinski definition) is 4. The molecule has 0 N–H and O–H groups in total. The van der Waals surface area contributed by atoms with E-state index in [9.17, 15) is 0 Å². The highest BCUT2D eigenvalue weighted by atomic mass is 79.9. The molecule has 3 atom stereocenters. The molecule has 5 nitrogen and oxygen atoms in total. The van der Waals surface area contributed by atoms with E-state index in [4.69, 9.17) is 9.47 Å². The van der Waals surface area contributed by atoms with E-state index in [1.165, 1.54) is 0 Å². The molecule has 0 saturated heterocycles. The van der Waals surface area contributed by atoms with Crippen LogP contribution in [0, 0.1) is 0 Å². The molecule has 1 aromatic carbocycles. The number of ether oxygens (including phenoxy) is 2. The average Bonchev–Trinajstić information content (AvgIpc) is 2.97. The summed E-state index contributed by atoms with van der Waals surface area (Å²) in [6.45, 7) is 2.85. The van der Waals surface area contributed by atoms with Gasteiger partial charge in [0.15, 0.2) is 0 Å². The number of benzene rings is 1. The van der Waals surface area contributed by atoms with Crippen molar-refractivity contribution in [2.45, 2.75) is 36.8 Å². The van der Waals surface area contributed by atoms with Crippen LogP contribution in [0.15, 0.2) is 36.7 Å². The molecule has 3 rings (SSSR count). The van der Waals surface area contributed by atoms with Crippen LogP contribution in [0.3, 0.4) is 0 Å². The Labute approximate surface area is 132 Å². The van der Waals surface area contributed by atoms with Gasteiger partial charge in [-0.25, -0.2) is 4.68 Å². The monoisotopic (exact) mass is 351 g/mol. The van der Waals surface area contributed by atoms with Gasteiger partial charge in [-0.2, -0.15) is 4.98 Å². The lowest BCUT2D eigenvalue weighted by Gasteiger charge is -2.39. The molecule has 0 spiro atoms. The van der Waals surface area contributed by atoms with Gasteiger partial charge in [0.1, 0.15) is 18.5 Å². The molecule has 1 fully saturated rings. The van der Waals surface area contributed by atoms with Gasteiger partial charge in [0.2, 0.25) is 0 Å². The summed E-state index contributed by atoms with van der Waals surface area (Å²) in [5, 5.41) is 4.35. The van der Waals surface area contributed by atoms with Gasteiger partial charge in [-0.15, -0.1) is 5.10 Å². The fraction of sp³-hybridized carbons (Fsp3) is 0.467. The Morgan fingerprint density at radius 3 is 2.86 bits per heavy atom. The van der Waals surface area contributed by atoms with Crippen molar-refractivity contribution in [3.63, 3.8) is 0 Å². The normalized spacial score (nSPS) is 24.6. The molecule has 3 unspecified atom stereocenters. The Morgan fingerprint density at radius 2 is 2.14 bits per heavy atom. The number of para-hydroxylation sites is 1. The van der Waals surface area contributed by atoms with Gasteiger partial charge in [0.05, 0.1) is 5.69 Å². The van der Waals surface area contributed by atoms with Crippen LogP contribution in [0.4, 0.5) is 0 Å². The van der Waals surface area contributed by atoms with Crippen LogP contribution in [0.25, 0.3) is 5.69 Å². The fourth-order valence-corrected chi connectivity index (χ4v) is 3.11. The molecule has 0 aliphatic heterocycles. The Bertz CT molecular complexity index is 575. The highest BCUT2D eigenvalue weighted by Crippen LogP contribution is 2.33. The minimum absolute atomic E-state index is 0.0209. The van der Waals surface area contributed by atoms with E-state index in [-0.39, 0.29) is 12.2 Å². The molecule has 0 bridgehead atoms. The molecule has 21 heavy (non-hydrogen) atoms. The first kappa shape index (κ1) is 14.5. The minimum atomic E-state index is 0.0209. The molecular weight excluding hydrogens is 334 g/mol. The summed E-state index contributed by atoms with van der Waals surface area (Å²) < 4.78 is 13.3. The van der Waals surface area contributed by atoms with Crippen LogP contribution in [0.5, 0.6) is 6.01 Å². The second-order valence-corrected chi connectivity index (χ2v) is 6.23. The number of halogens is 1. The van der Waals surface area contributed by atoms with Gasteiger partial charge in [0, 0.05) is 17.9 Å². The van der Waals surface area contributed by atoms with Crippen LogP contribution in [-0.4, -0.2) is 38.4 Å². The third-order valence-electron chi connectivity index (χ3n) is 3.44. The molecule has 1 aliphatic rings. The van der Waals surface area contributed by atoms with E-state index in [0.717, 1.165) is 25.1 Å². The van der Waals surface area contributed by atoms with Crippen LogP contribution in [0.1, 0.15) is 19.8 Å². The van der Waals surface area contributed by atoms with Crippen LogP contribution in [0.2, 0.25) is 0 Å². The summed E-state index contributed by atoms with van der Waals surface area (Å²) in [6.07, 6.45) is 3.68. The van der Waals surface area contributed by atoms with E-state index >= 15 is 0 Å². The maximum Gasteiger partial charge on any atom is 0.336 e. The summed E-state index contributed by atoms with van der Waals surface area (Å²) in [4.78, 5) is 4.57. The molecule has 112 valence electrons. The predicted molar refractivity (Wildman–Crippen MR) is 83.1 cm³/mol. The maximum atomic E-state index is 5.83. The second kappa shape index (κ2) is 6.58. The Morgan fingerprint density at radius 1 is 1.33 bits per heavy atom. The Kier molecular flexibility index (Phi) is 4.55. The Hall–Kier alpha value is -1.40. The lowest BCUT2D eigenvalue weighted by atomic mass is 9.91. The highest BCUT2D eigenvalue weighted by molar-refractivity contribution is 9.09. The average molecular weight is 352 g/mol. The number of rotatable bonds is 6. The van der Waals surface area contributed by atoms with E-state index in [1.807, 2.05) is 30.3 Å². The molecule has 1 aliphatic carbocycles. The second-order valence-electron chi connectivity index (χ2n) is 5.05. The molecular formula is C15H18BrN3O2. The van der Waals surface area contributed by atoms with Crippen LogP contribution < -0.4 is 4.74 Å². The fourth-order valence-electron chi connectivity index (χ4n) is 2.25. The van der Waals surface area contributed by atoms with Crippen molar-refractivity contribution in [2.24, 2.45) is 0 Å². The van der Waals surface area contributed by atoms with Gasteiger partial charge in [-0.1, -0.05) is 41.1 Å². The number of nitrogens with zero attached hydrogens (tertiary/aromatic N) is 3. The molecule has 6 heteroatoms. The highest BCUT2D eigenvalue weighted by Gasteiger charge is 2.42. The van der Waals surface area contributed by atoms with Gasteiger partial charge in [0.25, 0.3) is 0 Å². The van der Waals surface area contributed by atoms with E-state index in [0.29, 0.717) is 10.8 Å². The zero-order valence-electron chi connectivity index (χ0n) is 11.9. The lowest BCUT2D eigenvalue weighted by molar-refractivity contribution is -0.0791. The third-order valence-corrected chi connectivity index (χ3v) is 4.34. The topological polar surface area (TPSA) is 49.2 Å². The summed E-state index contributed by atoms with van der Waals surface area (Å²) in [5.41, 5.74) is 0.964. The number of alkyl halides is 1. The molecule has 1 aromatic heterocycles. The zero-order chi connectivity index (χ0) is 14.7. The third kappa shape index (κ3) is 3.27. The van der Waals surface area contributed by atoms with Crippen molar-refractivity contribution >= 4 is 15.9 Å². The maximum absolute atomic E-state index is 5.83. The van der Waals surface area contributed by atoms with Gasteiger partial charge in [-0.3, -0.25) is 0 Å². The van der Waals surface area contributed by atoms with E-state index in [2.05, 4.69) is 32.9 Å². The lowest BCUT2D eigenvalue weighted by Crippen LogP contribution is -2.52. The molecule has 0 radical (unpaired) electrons. The summed E-state index contributed by atoms with van der Waals surface area (Å²) in [5.74, 6) is 0.